The summed E-state index contributed by atoms with van der Waals surface area (Å²) in [6.07, 6.45) is 3.66. The highest BCUT2D eigenvalue weighted by Gasteiger charge is 2.05. The Bertz CT molecular complexity index is 348. The molecule has 1 aromatic heterocycles. The van der Waals surface area contributed by atoms with Crippen LogP contribution >= 0.6 is 31.9 Å². The van der Waals surface area contributed by atoms with Crippen LogP contribution in [0.4, 0.5) is 0 Å². The maximum atomic E-state index is 11.5. The quantitative estimate of drug-likeness (QED) is 0.860. The maximum absolute atomic E-state index is 11.5. The smallest absolute Gasteiger partial charge is 0.266 e. The van der Waals surface area contributed by atoms with E-state index < -0.39 is 0 Å². The number of hydrogen-bond donors (Lipinski definition) is 0. The molecule has 0 saturated carbocycles. The van der Waals surface area contributed by atoms with Crippen molar-refractivity contribution in [1.82, 2.24) is 9.78 Å². The summed E-state index contributed by atoms with van der Waals surface area (Å²) >= 11 is 6.43. The van der Waals surface area contributed by atoms with Crippen LogP contribution in [0.15, 0.2) is 19.9 Å². The lowest BCUT2D eigenvalue weighted by molar-refractivity contribution is 0.539. The van der Waals surface area contributed by atoms with Crippen molar-refractivity contribution in [2.24, 2.45) is 0 Å². The standard InChI is InChI=1S/C8H10Br2N2O/c1-2-3-4-12-8(13)7(10)6(9)5-11-12/h5H,2-4H2,1H3. The minimum Gasteiger partial charge on any atom is -0.266 e. The van der Waals surface area contributed by atoms with Crippen molar-refractivity contribution in [2.45, 2.75) is 26.3 Å². The summed E-state index contributed by atoms with van der Waals surface area (Å²) < 4.78 is 2.71. The number of hydrogen-bond acceptors (Lipinski definition) is 2. The third-order valence-corrected chi connectivity index (χ3v) is 3.57. The van der Waals surface area contributed by atoms with E-state index in [2.05, 4.69) is 43.9 Å². The minimum absolute atomic E-state index is 0.0807. The second kappa shape index (κ2) is 4.91. The van der Waals surface area contributed by atoms with Crippen molar-refractivity contribution in [3.63, 3.8) is 0 Å². The molecular formula is C8H10Br2N2O. The zero-order valence-corrected chi connectivity index (χ0v) is 10.4. The van der Waals surface area contributed by atoms with Gasteiger partial charge in [0.25, 0.3) is 5.56 Å². The SMILES string of the molecule is CCCCn1ncc(Br)c(Br)c1=O. The van der Waals surface area contributed by atoms with Crippen LogP contribution in [0.3, 0.4) is 0 Å². The highest BCUT2D eigenvalue weighted by molar-refractivity contribution is 9.13. The second-order valence-corrected chi connectivity index (χ2v) is 4.34. The van der Waals surface area contributed by atoms with Gasteiger partial charge in [0, 0.05) is 6.54 Å². The molecule has 0 aliphatic heterocycles. The molecule has 0 aliphatic carbocycles. The van der Waals surface area contributed by atoms with Crippen LogP contribution in [0.2, 0.25) is 0 Å². The van der Waals surface area contributed by atoms with Gasteiger partial charge >= 0.3 is 0 Å². The normalized spacial score (nSPS) is 10.4. The fraction of sp³-hybridized carbons (Fsp3) is 0.500. The summed E-state index contributed by atoms with van der Waals surface area (Å²) in [4.78, 5) is 11.5. The zero-order chi connectivity index (χ0) is 9.84. The van der Waals surface area contributed by atoms with Crippen molar-refractivity contribution in [1.29, 1.82) is 0 Å². The van der Waals surface area contributed by atoms with Gasteiger partial charge in [-0.25, -0.2) is 4.68 Å². The Morgan fingerprint density at radius 2 is 2.23 bits per heavy atom. The van der Waals surface area contributed by atoms with Crippen molar-refractivity contribution >= 4 is 31.9 Å². The lowest BCUT2D eigenvalue weighted by Gasteiger charge is -2.03. The molecule has 5 heteroatoms. The van der Waals surface area contributed by atoms with E-state index in [4.69, 9.17) is 0 Å². The highest BCUT2D eigenvalue weighted by Crippen LogP contribution is 2.16. The molecule has 0 bridgehead atoms. The lowest BCUT2D eigenvalue weighted by atomic mass is 10.3. The molecule has 0 spiro atoms. The fourth-order valence-corrected chi connectivity index (χ4v) is 1.48. The van der Waals surface area contributed by atoms with Gasteiger partial charge in [-0.2, -0.15) is 5.10 Å². The first-order valence-electron chi connectivity index (χ1n) is 4.08. The van der Waals surface area contributed by atoms with Gasteiger partial charge in [0.1, 0.15) is 4.47 Å². The molecule has 0 amide bonds. The molecule has 72 valence electrons. The predicted molar refractivity (Wildman–Crippen MR) is 58.8 cm³/mol. The Hall–Kier alpha value is -0.160. The van der Waals surface area contributed by atoms with E-state index in [9.17, 15) is 4.79 Å². The van der Waals surface area contributed by atoms with Crippen LogP contribution in [0.1, 0.15) is 19.8 Å². The first kappa shape index (κ1) is 10.9. The minimum atomic E-state index is -0.0807. The van der Waals surface area contributed by atoms with Crippen LogP contribution < -0.4 is 5.56 Å². The van der Waals surface area contributed by atoms with Gasteiger partial charge in [-0.15, -0.1) is 0 Å². The third-order valence-electron chi connectivity index (χ3n) is 1.67. The molecule has 13 heavy (non-hydrogen) atoms. The van der Waals surface area contributed by atoms with Gasteiger partial charge in [0.05, 0.1) is 10.7 Å². The van der Waals surface area contributed by atoms with Crippen LogP contribution in [0.25, 0.3) is 0 Å². The molecule has 0 atom stereocenters. The van der Waals surface area contributed by atoms with Gasteiger partial charge in [0.2, 0.25) is 0 Å². The molecule has 0 radical (unpaired) electrons. The third kappa shape index (κ3) is 2.64. The van der Waals surface area contributed by atoms with E-state index in [0.717, 1.165) is 12.8 Å². The van der Waals surface area contributed by atoms with Crippen LogP contribution in [0.5, 0.6) is 0 Å². The predicted octanol–water partition coefficient (Wildman–Crippen LogP) is 2.57. The number of halogens is 2. The Morgan fingerprint density at radius 3 is 2.85 bits per heavy atom. The molecule has 1 aromatic rings. The maximum Gasteiger partial charge on any atom is 0.282 e. The first-order valence-corrected chi connectivity index (χ1v) is 5.66. The monoisotopic (exact) mass is 308 g/mol. The molecule has 0 N–H and O–H groups in total. The molecule has 1 heterocycles. The molecule has 1 rings (SSSR count). The lowest BCUT2D eigenvalue weighted by Crippen LogP contribution is -2.23. The second-order valence-electron chi connectivity index (χ2n) is 2.69. The van der Waals surface area contributed by atoms with Crippen molar-refractivity contribution in [2.75, 3.05) is 0 Å². The van der Waals surface area contributed by atoms with Crippen molar-refractivity contribution in [3.8, 4) is 0 Å². The van der Waals surface area contributed by atoms with Gasteiger partial charge in [0.15, 0.2) is 0 Å². The van der Waals surface area contributed by atoms with Crippen molar-refractivity contribution in [3.05, 3.63) is 25.5 Å². The zero-order valence-electron chi connectivity index (χ0n) is 7.26. The van der Waals surface area contributed by atoms with Crippen LogP contribution in [0, 0.1) is 0 Å². The average molecular weight is 310 g/mol. The summed E-state index contributed by atoms with van der Waals surface area (Å²) in [5.74, 6) is 0. The average Bonchev–Trinajstić information content (AvgIpc) is 2.13. The molecule has 0 fully saturated rings. The number of nitrogens with zero attached hydrogens (tertiary/aromatic N) is 2. The van der Waals surface area contributed by atoms with Gasteiger partial charge < -0.3 is 0 Å². The molecule has 3 nitrogen and oxygen atoms in total. The summed E-state index contributed by atoms with van der Waals surface area (Å²) in [5.41, 5.74) is -0.0807. The Morgan fingerprint density at radius 1 is 1.54 bits per heavy atom. The molecule has 0 saturated heterocycles. The first-order chi connectivity index (χ1) is 6.16. The van der Waals surface area contributed by atoms with Crippen LogP contribution in [-0.2, 0) is 6.54 Å². The summed E-state index contributed by atoms with van der Waals surface area (Å²) in [6.45, 7) is 2.76. The fourth-order valence-electron chi connectivity index (χ4n) is 0.912. The highest BCUT2D eigenvalue weighted by atomic mass is 79.9. The Labute approximate surface area is 93.4 Å². The van der Waals surface area contributed by atoms with E-state index in [1.165, 1.54) is 4.68 Å². The van der Waals surface area contributed by atoms with Gasteiger partial charge in [-0.1, -0.05) is 13.3 Å². The van der Waals surface area contributed by atoms with E-state index in [0.29, 0.717) is 15.5 Å². The van der Waals surface area contributed by atoms with Gasteiger partial charge in [-0.05, 0) is 38.3 Å². The van der Waals surface area contributed by atoms with Gasteiger partial charge in [-0.3, -0.25) is 4.79 Å². The van der Waals surface area contributed by atoms with E-state index in [1.54, 1.807) is 6.20 Å². The number of rotatable bonds is 3. The van der Waals surface area contributed by atoms with E-state index in [1.807, 2.05) is 0 Å². The van der Waals surface area contributed by atoms with Crippen molar-refractivity contribution < 1.29 is 0 Å². The van der Waals surface area contributed by atoms with Crippen LogP contribution in [-0.4, -0.2) is 9.78 Å². The molecule has 0 aromatic carbocycles. The molecular weight excluding hydrogens is 300 g/mol. The summed E-state index contributed by atoms with van der Waals surface area (Å²) in [7, 11) is 0. The van der Waals surface area contributed by atoms with E-state index >= 15 is 0 Å². The van der Waals surface area contributed by atoms with E-state index in [-0.39, 0.29) is 5.56 Å². The molecule has 0 unspecified atom stereocenters. The largest absolute Gasteiger partial charge is 0.282 e. The summed E-state index contributed by atoms with van der Waals surface area (Å²) in [5, 5.41) is 4.00. The molecule has 0 aliphatic rings. The Balaban J connectivity index is 2.97. The summed E-state index contributed by atoms with van der Waals surface area (Å²) in [6, 6.07) is 0. The Kier molecular flexibility index (Phi) is 4.12. The number of aryl methyl sites for hydroxylation is 1. The number of aromatic nitrogens is 2. The topological polar surface area (TPSA) is 34.9 Å². The number of unbranched alkanes of at least 4 members (excludes halogenated alkanes) is 1.